The van der Waals surface area contributed by atoms with E-state index in [0.29, 0.717) is 25.2 Å². The molecule has 0 aliphatic carbocycles. The van der Waals surface area contributed by atoms with Gasteiger partial charge in [0.2, 0.25) is 0 Å². The van der Waals surface area contributed by atoms with E-state index in [-0.39, 0.29) is 0 Å². The fourth-order valence-corrected chi connectivity index (χ4v) is 2.54. The van der Waals surface area contributed by atoms with Gasteiger partial charge in [0.1, 0.15) is 12.4 Å². The van der Waals surface area contributed by atoms with Gasteiger partial charge in [0, 0.05) is 13.2 Å². The van der Waals surface area contributed by atoms with Crippen molar-refractivity contribution in [3.8, 4) is 5.75 Å². The average molecular weight is 249 g/mol. The van der Waals surface area contributed by atoms with Crippen LogP contribution in [0.3, 0.4) is 0 Å². The first-order valence-electron chi connectivity index (χ1n) is 6.74. The van der Waals surface area contributed by atoms with E-state index in [0.717, 1.165) is 12.3 Å². The van der Waals surface area contributed by atoms with Crippen molar-refractivity contribution in [3.05, 3.63) is 29.8 Å². The van der Waals surface area contributed by atoms with Crippen molar-refractivity contribution >= 4 is 0 Å². The SMILES string of the molecule is COCCOc1cccc([C@@H]2CCN[C@H](C)C2)c1. The lowest BCUT2D eigenvalue weighted by atomic mass is 9.87. The summed E-state index contributed by atoms with van der Waals surface area (Å²) in [4.78, 5) is 0. The first kappa shape index (κ1) is 13.4. The summed E-state index contributed by atoms with van der Waals surface area (Å²) >= 11 is 0. The van der Waals surface area contributed by atoms with E-state index in [1.807, 2.05) is 6.07 Å². The van der Waals surface area contributed by atoms with Gasteiger partial charge >= 0.3 is 0 Å². The lowest BCUT2D eigenvalue weighted by Gasteiger charge is -2.28. The second-order valence-electron chi connectivity index (χ2n) is 4.99. The van der Waals surface area contributed by atoms with Crippen LogP contribution < -0.4 is 10.1 Å². The average Bonchev–Trinajstić information content (AvgIpc) is 2.39. The highest BCUT2D eigenvalue weighted by molar-refractivity contribution is 5.31. The number of hydrogen-bond donors (Lipinski definition) is 1. The number of methoxy groups -OCH3 is 1. The molecule has 2 rings (SSSR count). The molecule has 0 saturated carbocycles. The van der Waals surface area contributed by atoms with Crippen LogP contribution in [0.25, 0.3) is 0 Å². The summed E-state index contributed by atoms with van der Waals surface area (Å²) in [6.07, 6.45) is 2.42. The summed E-state index contributed by atoms with van der Waals surface area (Å²) in [6, 6.07) is 9.11. The minimum absolute atomic E-state index is 0.613. The predicted molar refractivity (Wildman–Crippen MR) is 73.3 cm³/mol. The molecule has 18 heavy (non-hydrogen) atoms. The highest BCUT2D eigenvalue weighted by Crippen LogP contribution is 2.29. The van der Waals surface area contributed by atoms with E-state index in [2.05, 4.69) is 30.4 Å². The molecular formula is C15H23NO2. The summed E-state index contributed by atoms with van der Waals surface area (Å²) < 4.78 is 10.7. The molecule has 1 aliphatic heterocycles. The van der Waals surface area contributed by atoms with Gasteiger partial charge < -0.3 is 14.8 Å². The third-order valence-corrected chi connectivity index (χ3v) is 3.51. The molecule has 1 fully saturated rings. The topological polar surface area (TPSA) is 30.5 Å². The molecule has 1 aromatic rings. The summed E-state index contributed by atoms with van der Waals surface area (Å²) in [5.74, 6) is 1.61. The fraction of sp³-hybridized carbons (Fsp3) is 0.600. The largest absolute Gasteiger partial charge is 0.491 e. The van der Waals surface area contributed by atoms with Crippen molar-refractivity contribution in [2.45, 2.75) is 31.7 Å². The van der Waals surface area contributed by atoms with E-state index in [1.165, 1.54) is 18.4 Å². The molecule has 0 radical (unpaired) electrons. The Hall–Kier alpha value is -1.06. The van der Waals surface area contributed by atoms with Crippen LogP contribution in [0.15, 0.2) is 24.3 Å². The molecule has 3 nitrogen and oxygen atoms in total. The Balaban J connectivity index is 1.97. The summed E-state index contributed by atoms with van der Waals surface area (Å²) in [6.45, 7) is 4.61. The van der Waals surface area contributed by atoms with Gasteiger partial charge in [-0.05, 0) is 49.9 Å². The van der Waals surface area contributed by atoms with E-state index >= 15 is 0 Å². The Morgan fingerprint density at radius 1 is 1.33 bits per heavy atom. The molecule has 1 saturated heterocycles. The minimum Gasteiger partial charge on any atom is -0.491 e. The van der Waals surface area contributed by atoms with Crippen molar-refractivity contribution < 1.29 is 9.47 Å². The second kappa shape index (κ2) is 6.76. The van der Waals surface area contributed by atoms with Crippen molar-refractivity contribution in [2.75, 3.05) is 26.9 Å². The molecule has 1 heterocycles. The maximum absolute atomic E-state index is 5.66. The van der Waals surface area contributed by atoms with Gasteiger partial charge in [0.25, 0.3) is 0 Å². The van der Waals surface area contributed by atoms with Crippen LogP contribution in [-0.4, -0.2) is 32.9 Å². The molecule has 2 atom stereocenters. The molecule has 1 aliphatic rings. The van der Waals surface area contributed by atoms with Gasteiger partial charge in [-0.25, -0.2) is 0 Å². The fourth-order valence-electron chi connectivity index (χ4n) is 2.54. The molecule has 0 bridgehead atoms. The summed E-state index contributed by atoms with van der Waals surface area (Å²) in [7, 11) is 1.69. The van der Waals surface area contributed by atoms with Crippen molar-refractivity contribution in [3.63, 3.8) is 0 Å². The monoisotopic (exact) mass is 249 g/mol. The van der Waals surface area contributed by atoms with E-state index < -0.39 is 0 Å². The van der Waals surface area contributed by atoms with Crippen LogP contribution in [0.4, 0.5) is 0 Å². The van der Waals surface area contributed by atoms with Crippen molar-refractivity contribution in [1.29, 1.82) is 0 Å². The quantitative estimate of drug-likeness (QED) is 0.814. The highest BCUT2D eigenvalue weighted by Gasteiger charge is 2.19. The zero-order chi connectivity index (χ0) is 12.8. The van der Waals surface area contributed by atoms with Gasteiger partial charge in [-0.15, -0.1) is 0 Å². The zero-order valence-corrected chi connectivity index (χ0v) is 11.3. The Labute approximate surface area is 109 Å². The molecule has 1 aromatic carbocycles. The third-order valence-electron chi connectivity index (χ3n) is 3.51. The highest BCUT2D eigenvalue weighted by atomic mass is 16.5. The first-order valence-corrected chi connectivity index (χ1v) is 6.74. The first-order chi connectivity index (χ1) is 8.79. The van der Waals surface area contributed by atoms with Crippen molar-refractivity contribution in [2.24, 2.45) is 0 Å². The number of benzene rings is 1. The molecule has 0 spiro atoms. The Bertz CT molecular complexity index is 367. The van der Waals surface area contributed by atoms with Gasteiger partial charge in [-0.2, -0.15) is 0 Å². The maximum atomic E-state index is 5.66. The smallest absolute Gasteiger partial charge is 0.119 e. The Morgan fingerprint density at radius 2 is 2.22 bits per heavy atom. The second-order valence-corrected chi connectivity index (χ2v) is 4.99. The standard InChI is InChI=1S/C15H23NO2/c1-12-10-14(6-7-16-12)13-4-3-5-15(11-13)18-9-8-17-2/h3-5,11-12,14,16H,6-10H2,1-2H3/t12-,14-/m1/s1. The number of hydrogen-bond acceptors (Lipinski definition) is 3. The number of piperidine rings is 1. The maximum Gasteiger partial charge on any atom is 0.119 e. The van der Waals surface area contributed by atoms with E-state index in [9.17, 15) is 0 Å². The summed E-state index contributed by atoms with van der Waals surface area (Å²) in [5, 5.41) is 3.49. The van der Waals surface area contributed by atoms with Crippen LogP contribution in [0.1, 0.15) is 31.2 Å². The number of rotatable bonds is 5. The number of ether oxygens (including phenoxy) is 2. The zero-order valence-electron chi connectivity index (χ0n) is 11.3. The van der Waals surface area contributed by atoms with Crippen LogP contribution in [0.5, 0.6) is 5.75 Å². The van der Waals surface area contributed by atoms with Crippen LogP contribution in [0.2, 0.25) is 0 Å². The molecule has 3 heteroatoms. The van der Waals surface area contributed by atoms with Gasteiger partial charge in [0.05, 0.1) is 6.61 Å². The Morgan fingerprint density at radius 3 is 3.00 bits per heavy atom. The number of nitrogens with one attached hydrogen (secondary N) is 1. The normalized spacial score (nSPS) is 23.9. The molecule has 100 valence electrons. The van der Waals surface area contributed by atoms with Crippen molar-refractivity contribution in [1.82, 2.24) is 5.32 Å². The molecule has 0 unspecified atom stereocenters. The molecule has 0 aromatic heterocycles. The lowest BCUT2D eigenvalue weighted by Crippen LogP contribution is -2.34. The van der Waals surface area contributed by atoms with E-state index in [4.69, 9.17) is 9.47 Å². The predicted octanol–water partition coefficient (Wildman–Crippen LogP) is 2.57. The van der Waals surface area contributed by atoms with Crippen LogP contribution in [-0.2, 0) is 4.74 Å². The molecular weight excluding hydrogens is 226 g/mol. The minimum atomic E-state index is 0.613. The van der Waals surface area contributed by atoms with Crippen LogP contribution in [0, 0.1) is 0 Å². The van der Waals surface area contributed by atoms with Crippen LogP contribution >= 0.6 is 0 Å². The van der Waals surface area contributed by atoms with E-state index in [1.54, 1.807) is 7.11 Å². The van der Waals surface area contributed by atoms with Gasteiger partial charge in [-0.3, -0.25) is 0 Å². The Kier molecular flexibility index (Phi) is 5.02. The summed E-state index contributed by atoms with van der Waals surface area (Å²) in [5.41, 5.74) is 1.40. The lowest BCUT2D eigenvalue weighted by molar-refractivity contribution is 0.146. The third kappa shape index (κ3) is 3.72. The van der Waals surface area contributed by atoms with Gasteiger partial charge in [0.15, 0.2) is 0 Å². The molecule has 1 N–H and O–H groups in total. The molecule has 0 amide bonds. The van der Waals surface area contributed by atoms with Gasteiger partial charge in [-0.1, -0.05) is 12.1 Å².